The second kappa shape index (κ2) is 6.66. The number of likely N-dealkylation sites (N-methyl/N-ethyl adjacent to an activating group) is 1. The number of piperazine rings is 1. The molecule has 1 aromatic heterocycles. The first-order chi connectivity index (χ1) is 10.1. The highest BCUT2D eigenvalue weighted by Crippen LogP contribution is 2.15. The van der Waals surface area contributed by atoms with Crippen LogP contribution in [0, 0.1) is 0 Å². The number of halogens is 1. The Kier molecular flexibility index (Phi) is 5.08. The van der Waals surface area contributed by atoms with Crippen LogP contribution >= 0.6 is 12.4 Å². The van der Waals surface area contributed by atoms with E-state index in [-0.39, 0.29) is 24.2 Å². The fourth-order valence-corrected chi connectivity index (χ4v) is 2.91. The number of carbonyl (C=O) groups is 2. The molecule has 1 N–H and O–H groups in total. The Morgan fingerprint density at radius 2 is 2.09 bits per heavy atom. The molecule has 0 bridgehead atoms. The third-order valence-corrected chi connectivity index (χ3v) is 4.27. The van der Waals surface area contributed by atoms with Crippen molar-refractivity contribution in [2.75, 3.05) is 33.2 Å². The second-order valence-corrected chi connectivity index (χ2v) is 5.67. The van der Waals surface area contributed by atoms with Gasteiger partial charge in [-0.3, -0.25) is 9.59 Å². The van der Waals surface area contributed by atoms with Gasteiger partial charge in [0.15, 0.2) is 0 Å². The van der Waals surface area contributed by atoms with E-state index >= 15 is 0 Å². The number of rotatable bonds is 1. The molecular weight excluding hydrogens is 306 g/mol. The van der Waals surface area contributed by atoms with Crippen molar-refractivity contribution in [2.45, 2.75) is 25.9 Å². The summed E-state index contributed by atoms with van der Waals surface area (Å²) in [6.45, 7) is 5.51. The first-order valence-corrected chi connectivity index (χ1v) is 7.40. The Morgan fingerprint density at radius 3 is 2.86 bits per heavy atom. The first-order valence-electron chi connectivity index (χ1n) is 7.40. The van der Waals surface area contributed by atoms with Crippen molar-refractivity contribution >= 4 is 24.2 Å². The van der Waals surface area contributed by atoms with Gasteiger partial charge in [0.1, 0.15) is 17.6 Å². The molecule has 2 aliphatic heterocycles. The highest BCUT2D eigenvalue weighted by Gasteiger charge is 2.34. The summed E-state index contributed by atoms with van der Waals surface area (Å²) in [6.07, 6.45) is 2.64. The largest absolute Gasteiger partial charge is 0.342 e. The molecule has 8 heteroatoms. The Bertz CT molecular complexity index is 550. The quantitative estimate of drug-likeness (QED) is 0.772. The van der Waals surface area contributed by atoms with E-state index in [1.165, 1.54) is 0 Å². The number of nitrogens with zero attached hydrogens (tertiary/aromatic N) is 4. The van der Waals surface area contributed by atoms with E-state index < -0.39 is 6.04 Å². The molecule has 7 nitrogen and oxygen atoms in total. The molecule has 1 aromatic rings. The van der Waals surface area contributed by atoms with Crippen molar-refractivity contribution in [3.63, 3.8) is 0 Å². The molecule has 1 saturated heterocycles. The van der Waals surface area contributed by atoms with Crippen molar-refractivity contribution in [1.29, 1.82) is 0 Å². The summed E-state index contributed by atoms with van der Waals surface area (Å²) < 4.78 is 2.04. The summed E-state index contributed by atoms with van der Waals surface area (Å²) in [5.74, 6) is 0.786. The predicted octanol–water partition coefficient (Wildman–Crippen LogP) is -0.247. The van der Waals surface area contributed by atoms with Gasteiger partial charge in [0, 0.05) is 52.4 Å². The molecule has 0 saturated carbocycles. The Morgan fingerprint density at radius 1 is 1.32 bits per heavy atom. The Labute approximate surface area is 136 Å². The smallest absolute Gasteiger partial charge is 0.274 e. The molecule has 0 spiro atoms. The van der Waals surface area contributed by atoms with Crippen molar-refractivity contribution < 1.29 is 9.59 Å². The van der Waals surface area contributed by atoms with E-state index in [1.54, 1.807) is 23.8 Å². The lowest BCUT2D eigenvalue weighted by Gasteiger charge is -2.36. The van der Waals surface area contributed by atoms with E-state index in [0.29, 0.717) is 18.8 Å². The lowest BCUT2D eigenvalue weighted by Crippen LogP contribution is -2.56. The number of hydrogen-bond donors (Lipinski definition) is 1. The summed E-state index contributed by atoms with van der Waals surface area (Å²) in [4.78, 5) is 32.4. The summed E-state index contributed by atoms with van der Waals surface area (Å²) in [7, 11) is 1.77. The van der Waals surface area contributed by atoms with Crippen LogP contribution < -0.4 is 5.32 Å². The van der Waals surface area contributed by atoms with Gasteiger partial charge in [-0.15, -0.1) is 12.4 Å². The van der Waals surface area contributed by atoms with Crippen molar-refractivity contribution in [2.24, 2.45) is 0 Å². The molecule has 22 heavy (non-hydrogen) atoms. The number of aromatic nitrogens is 2. The zero-order chi connectivity index (χ0) is 15.0. The summed E-state index contributed by atoms with van der Waals surface area (Å²) in [5.41, 5.74) is 0.455. The average Bonchev–Trinajstić information content (AvgIpc) is 2.75. The van der Waals surface area contributed by atoms with Gasteiger partial charge in [0.05, 0.1) is 0 Å². The number of nitrogens with one attached hydrogen (secondary N) is 1. The number of hydrogen-bond acceptors (Lipinski definition) is 4. The summed E-state index contributed by atoms with van der Waals surface area (Å²) in [5, 5.41) is 3.30. The van der Waals surface area contributed by atoms with Gasteiger partial charge in [-0.2, -0.15) is 0 Å². The SMILES string of the molecule is CC1C(=O)N(C)CCN1C(=O)c1cn2c(n1)CCNCC2.Cl. The van der Waals surface area contributed by atoms with E-state index in [2.05, 4.69) is 10.3 Å². The molecular formula is C14H22ClN5O2. The van der Waals surface area contributed by atoms with Crippen LogP contribution in [0.25, 0.3) is 0 Å². The average molecular weight is 328 g/mol. The van der Waals surface area contributed by atoms with Gasteiger partial charge in [-0.05, 0) is 6.92 Å². The molecule has 3 rings (SSSR count). The van der Waals surface area contributed by atoms with Gasteiger partial charge < -0.3 is 19.7 Å². The summed E-state index contributed by atoms with van der Waals surface area (Å²) >= 11 is 0. The Hall–Kier alpha value is -1.60. The number of carbonyl (C=O) groups excluding carboxylic acids is 2. The minimum atomic E-state index is -0.417. The van der Waals surface area contributed by atoms with E-state index in [9.17, 15) is 9.59 Å². The molecule has 1 fully saturated rings. The van der Waals surface area contributed by atoms with Gasteiger partial charge in [0.2, 0.25) is 5.91 Å². The zero-order valence-electron chi connectivity index (χ0n) is 12.9. The molecule has 0 radical (unpaired) electrons. The third kappa shape index (κ3) is 2.96. The predicted molar refractivity (Wildman–Crippen MR) is 84.2 cm³/mol. The molecule has 2 amide bonds. The van der Waals surface area contributed by atoms with Crippen LogP contribution in [0.2, 0.25) is 0 Å². The number of fused-ring (bicyclic) bond motifs is 1. The fourth-order valence-electron chi connectivity index (χ4n) is 2.91. The molecule has 3 heterocycles. The third-order valence-electron chi connectivity index (χ3n) is 4.27. The maximum atomic E-state index is 12.6. The van der Waals surface area contributed by atoms with Gasteiger partial charge in [-0.1, -0.05) is 0 Å². The zero-order valence-corrected chi connectivity index (χ0v) is 13.7. The van der Waals surface area contributed by atoms with Crippen LogP contribution in [-0.2, 0) is 17.8 Å². The maximum absolute atomic E-state index is 12.6. The molecule has 1 unspecified atom stereocenters. The van der Waals surface area contributed by atoms with Crippen LogP contribution in [0.3, 0.4) is 0 Å². The van der Waals surface area contributed by atoms with Crippen molar-refractivity contribution in [1.82, 2.24) is 24.7 Å². The molecule has 0 aromatic carbocycles. The minimum absolute atomic E-state index is 0. The van der Waals surface area contributed by atoms with Crippen LogP contribution in [0.1, 0.15) is 23.2 Å². The number of amides is 2. The fraction of sp³-hybridized carbons (Fsp3) is 0.643. The highest BCUT2D eigenvalue weighted by atomic mass is 35.5. The maximum Gasteiger partial charge on any atom is 0.274 e. The molecule has 122 valence electrons. The Balaban J connectivity index is 0.00000176. The minimum Gasteiger partial charge on any atom is -0.342 e. The standard InChI is InChI=1S/C14H21N5O2.ClH/c1-10-13(20)17(2)7-8-19(10)14(21)11-9-18-6-5-15-4-3-12(18)16-11;/h9-10,15H,3-8H2,1-2H3;1H. The van der Waals surface area contributed by atoms with E-state index in [1.807, 2.05) is 10.8 Å². The van der Waals surface area contributed by atoms with E-state index in [4.69, 9.17) is 0 Å². The lowest BCUT2D eigenvalue weighted by atomic mass is 10.1. The highest BCUT2D eigenvalue weighted by molar-refractivity contribution is 5.96. The van der Waals surface area contributed by atoms with Crippen LogP contribution in [0.5, 0.6) is 0 Å². The molecule has 2 aliphatic rings. The van der Waals surface area contributed by atoms with E-state index in [0.717, 1.165) is 31.9 Å². The molecule has 0 aliphatic carbocycles. The van der Waals surface area contributed by atoms with Gasteiger partial charge in [-0.25, -0.2) is 4.98 Å². The van der Waals surface area contributed by atoms with Gasteiger partial charge in [0.25, 0.3) is 5.91 Å². The van der Waals surface area contributed by atoms with Crippen LogP contribution in [-0.4, -0.2) is 70.4 Å². The van der Waals surface area contributed by atoms with Crippen molar-refractivity contribution in [3.05, 3.63) is 17.7 Å². The topological polar surface area (TPSA) is 70.5 Å². The summed E-state index contributed by atoms with van der Waals surface area (Å²) in [6, 6.07) is -0.417. The number of imidazole rings is 1. The molecule has 1 atom stereocenters. The normalized spacial score (nSPS) is 21.9. The van der Waals surface area contributed by atoms with Crippen molar-refractivity contribution in [3.8, 4) is 0 Å². The monoisotopic (exact) mass is 327 g/mol. The van der Waals surface area contributed by atoms with Gasteiger partial charge >= 0.3 is 0 Å². The first kappa shape index (κ1) is 16.8. The lowest BCUT2D eigenvalue weighted by molar-refractivity contribution is -0.137. The second-order valence-electron chi connectivity index (χ2n) is 5.67. The van der Waals surface area contributed by atoms with Crippen LogP contribution in [0.4, 0.5) is 0 Å². The van der Waals surface area contributed by atoms with Crippen LogP contribution in [0.15, 0.2) is 6.20 Å².